The topological polar surface area (TPSA) is 47.6 Å². The molecule has 0 unspecified atom stereocenters. The molecule has 0 saturated heterocycles. The molecule has 2 rings (SSSR count). The van der Waals surface area contributed by atoms with Crippen molar-refractivity contribution < 1.29 is 14.3 Å². The zero-order valence-corrected chi connectivity index (χ0v) is 13.9. The minimum Gasteiger partial charge on any atom is -0.456 e. The third-order valence-corrected chi connectivity index (χ3v) is 3.35. The average molecular weight is 303 g/mol. The summed E-state index contributed by atoms with van der Waals surface area (Å²) in [4.78, 5) is 12.1. The summed E-state index contributed by atoms with van der Waals surface area (Å²) in [6.07, 6.45) is 3.20. The molecule has 1 aromatic rings. The molecule has 0 aliphatic carbocycles. The maximum Gasteiger partial charge on any atom is 0.338 e. The molecule has 1 aliphatic rings. The second-order valence-electron chi connectivity index (χ2n) is 6.59. The Morgan fingerprint density at radius 3 is 2.73 bits per heavy atom. The van der Waals surface area contributed by atoms with Crippen molar-refractivity contribution in [1.29, 1.82) is 0 Å². The Hall–Kier alpha value is -1.81. The molecular weight excluding hydrogens is 278 g/mol. The lowest BCUT2D eigenvalue weighted by atomic mass is 10.1. The van der Waals surface area contributed by atoms with Crippen LogP contribution in [0.3, 0.4) is 0 Å². The van der Waals surface area contributed by atoms with Gasteiger partial charge in [0, 0.05) is 12.2 Å². The van der Waals surface area contributed by atoms with Gasteiger partial charge in [0.1, 0.15) is 5.60 Å². The summed E-state index contributed by atoms with van der Waals surface area (Å²) in [5.74, 6) is -0.278. The summed E-state index contributed by atoms with van der Waals surface area (Å²) >= 11 is 0. The third-order valence-electron chi connectivity index (χ3n) is 3.35. The minimum atomic E-state index is -0.478. The quantitative estimate of drug-likeness (QED) is 0.680. The normalized spacial score (nSPS) is 15.2. The second-order valence-corrected chi connectivity index (χ2v) is 6.59. The predicted molar refractivity (Wildman–Crippen MR) is 88.4 cm³/mol. The van der Waals surface area contributed by atoms with Gasteiger partial charge in [-0.1, -0.05) is 6.08 Å². The summed E-state index contributed by atoms with van der Waals surface area (Å²) in [5, 5.41) is 3.37. The lowest BCUT2D eigenvalue weighted by Crippen LogP contribution is -2.24. The van der Waals surface area contributed by atoms with Crippen LogP contribution in [0.2, 0.25) is 0 Å². The Bertz CT molecular complexity index is 570. The van der Waals surface area contributed by atoms with Crippen molar-refractivity contribution in [2.24, 2.45) is 0 Å². The Morgan fingerprint density at radius 1 is 1.36 bits per heavy atom. The van der Waals surface area contributed by atoms with Gasteiger partial charge in [-0.05, 0) is 63.5 Å². The van der Waals surface area contributed by atoms with Crippen molar-refractivity contribution in [3.8, 4) is 0 Å². The van der Waals surface area contributed by atoms with Gasteiger partial charge in [0.05, 0.1) is 18.8 Å². The fourth-order valence-corrected chi connectivity index (χ4v) is 2.28. The number of carbonyl (C=O) groups excluding carboxylic acids is 1. The summed E-state index contributed by atoms with van der Waals surface area (Å²) in [7, 11) is 0. The number of rotatable bonds is 4. The lowest BCUT2D eigenvalue weighted by molar-refractivity contribution is 0.00688. The van der Waals surface area contributed by atoms with Gasteiger partial charge in [0.2, 0.25) is 0 Å². The van der Waals surface area contributed by atoms with E-state index in [9.17, 15) is 4.79 Å². The maximum atomic E-state index is 12.1. The first-order chi connectivity index (χ1) is 10.3. The highest BCUT2D eigenvalue weighted by atomic mass is 16.6. The number of esters is 1. The Labute approximate surface area is 132 Å². The number of anilines is 1. The van der Waals surface area contributed by atoms with Crippen molar-refractivity contribution in [1.82, 2.24) is 0 Å². The van der Waals surface area contributed by atoms with Gasteiger partial charge in [-0.2, -0.15) is 0 Å². The first kappa shape index (κ1) is 16.6. The monoisotopic (exact) mass is 303 g/mol. The highest BCUT2D eigenvalue weighted by Gasteiger charge is 2.19. The van der Waals surface area contributed by atoms with Crippen LogP contribution in [0.5, 0.6) is 0 Å². The fraction of sp³-hybridized carbons (Fsp3) is 0.500. The first-order valence-electron chi connectivity index (χ1n) is 7.69. The molecule has 0 atom stereocenters. The number of hydrogen-bond acceptors (Lipinski definition) is 4. The summed E-state index contributed by atoms with van der Waals surface area (Å²) in [6.45, 7) is 9.82. The number of carbonyl (C=O) groups is 1. The Kier molecular flexibility index (Phi) is 5.24. The van der Waals surface area contributed by atoms with Crippen LogP contribution in [0, 0.1) is 6.92 Å². The first-order valence-corrected chi connectivity index (χ1v) is 7.69. The summed E-state index contributed by atoms with van der Waals surface area (Å²) < 4.78 is 10.8. The van der Waals surface area contributed by atoms with E-state index in [0.29, 0.717) is 12.2 Å². The van der Waals surface area contributed by atoms with Gasteiger partial charge in [-0.3, -0.25) is 0 Å². The lowest BCUT2D eigenvalue weighted by Gasteiger charge is -2.20. The summed E-state index contributed by atoms with van der Waals surface area (Å²) in [6, 6.07) is 5.71. The Morgan fingerprint density at radius 2 is 2.14 bits per heavy atom. The van der Waals surface area contributed by atoms with Crippen LogP contribution in [0.1, 0.15) is 43.1 Å². The minimum absolute atomic E-state index is 0.278. The molecule has 4 heteroatoms. The molecule has 1 N–H and O–H groups in total. The second kappa shape index (κ2) is 6.97. The zero-order valence-electron chi connectivity index (χ0n) is 13.9. The fourth-order valence-electron chi connectivity index (χ4n) is 2.28. The highest BCUT2D eigenvalue weighted by Crippen LogP contribution is 2.19. The molecule has 1 aromatic carbocycles. The standard InChI is InChI=1S/C18H25NO3/c1-13-10-15(19-11-14-6-5-9-21-12-14)7-8-16(13)17(20)22-18(2,3)4/h6-8,10,19H,5,9,11-12H2,1-4H3. The molecule has 0 radical (unpaired) electrons. The van der Waals surface area contributed by atoms with E-state index in [0.717, 1.165) is 30.8 Å². The van der Waals surface area contributed by atoms with Crippen LogP contribution >= 0.6 is 0 Å². The molecule has 0 bridgehead atoms. The van der Waals surface area contributed by atoms with E-state index in [1.807, 2.05) is 45.9 Å². The molecule has 0 saturated carbocycles. The third kappa shape index (κ3) is 4.88. The van der Waals surface area contributed by atoms with Crippen molar-refractivity contribution >= 4 is 11.7 Å². The zero-order chi connectivity index (χ0) is 16.2. The summed E-state index contributed by atoms with van der Waals surface area (Å²) in [5.41, 5.74) is 3.30. The van der Waals surface area contributed by atoms with Gasteiger partial charge in [0.25, 0.3) is 0 Å². The van der Waals surface area contributed by atoms with Crippen LogP contribution in [-0.4, -0.2) is 31.3 Å². The number of nitrogens with one attached hydrogen (secondary N) is 1. The van der Waals surface area contributed by atoms with Crippen LogP contribution in [0.25, 0.3) is 0 Å². The van der Waals surface area contributed by atoms with Gasteiger partial charge in [0.15, 0.2) is 0 Å². The number of benzene rings is 1. The van der Waals surface area contributed by atoms with E-state index < -0.39 is 5.60 Å². The molecule has 0 aromatic heterocycles. The molecule has 120 valence electrons. The molecule has 1 heterocycles. The SMILES string of the molecule is Cc1cc(NCC2=CCCOC2)ccc1C(=O)OC(C)(C)C. The van der Waals surface area contributed by atoms with E-state index in [4.69, 9.17) is 9.47 Å². The van der Waals surface area contributed by atoms with Crippen LogP contribution in [0.4, 0.5) is 5.69 Å². The van der Waals surface area contributed by atoms with Gasteiger partial charge in [-0.15, -0.1) is 0 Å². The van der Waals surface area contributed by atoms with E-state index >= 15 is 0 Å². The van der Waals surface area contributed by atoms with Crippen molar-refractivity contribution in [2.45, 2.75) is 39.7 Å². The molecule has 22 heavy (non-hydrogen) atoms. The van der Waals surface area contributed by atoms with Crippen molar-refractivity contribution in [2.75, 3.05) is 25.1 Å². The smallest absolute Gasteiger partial charge is 0.338 e. The van der Waals surface area contributed by atoms with E-state index in [2.05, 4.69) is 11.4 Å². The van der Waals surface area contributed by atoms with Crippen LogP contribution in [-0.2, 0) is 9.47 Å². The van der Waals surface area contributed by atoms with Gasteiger partial charge in [-0.25, -0.2) is 4.79 Å². The van der Waals surface area contributed by atoms with Crippen molar-refractivity contribution in [3.05, 3.63) is 41.0 Å². The average Bonchev–Trinajstić information content (AvgIpc) is 2.44. The Balaban J connectivity index is 2.00. The van der Waals surface area contributed by atoms with E-state index in [1.165, 1.54) is 5.57 Å². The van der Waals surface area contributed by atoms with Crippen LogP contribution in [0.15, 0.2) is 29.8 Å². The van der Waals surface area contributed by atoms with Gasteiger partial charge >= 0.3 is 5.97 Å². The molecular formula is C18H25NO3. The van der Waals surface area contributed by atoms with Crippen molar-refractivity contribution in [3.63, 3.8) is 0 Å². The largest absolute Gasteiger partial charge is 0.456 e. The molecule has 4 nitrogen and oxygen atoms in total. The maximum absolute atomic E-state index is 12.1. The van der Waals surface area contributed by atoms with E-state index in [1.54, 1.807) is 0 Å². The van der Waals surface area contributed by atoms with Crippen LogP contribution < -0.4 is 5.32 Å². The highest BCUT2D eigenvalue weighted by molar-refractivity contribution is 5.91. The number of ether oxygens (including phenoxy) is 2. The molecule has 0 fully saturated rings. The molecule has 0 amide bonds. The van der Waals surface area contributed by atoms with Gasteiger partial charge < -0.3 is 14.8 Å². The number of aryl methyl sites for hydroxylation is 1. The van der Waals surface area contributed by atoms with E-state index in [-0.39, 0.29) is 5.97 Å². The predicted octanol–water partition coefficient (Wildman–Crippen LogP) is 3.71. The molecule has 0 spiro atoms. The molecule has 1 aliphatic heterocycles. The number of hydrogen-bond donors (Lipinski definition) is 1.